The molecule has 19 heavy (non-hydrogen) atoms. The molecule has 0 atom stereocenters. The first kappa shape index (κ1) is 12.7. The summed E-state index contributed by atoms with van der Waals surface area (Å²) in [6.07, 6.45) is 2.44. The number of nitrogens with one attached hydrogen (secondary N) is 2. The summed E-state index contributed by atoms with van der Waals surface area (Å²) in [5, 5.41) is 15.2. The van der Waals surface area contributed by atoms with Gasteiger partial charge in [-0.25, -0.2) is 0 Å². The molecule has 1 saturated carbocycles. The Morgan fingerprint density at radius 1 is 1.16 bits per heavy atom. The Balaban J connectivity index is 1.65. The molecule has 1 aliphatic carbocycles. The first-order chi connectivity index (χ1) is 9.19. The van der Waals surface area contributed by atoms with Gasteiger partial charge in [-0.3, -0.25) is 0 Å². The molecule has 0 amide bonds. The average Bonchev–Trinajstić information content (AvgIpc) is 3.06. The number of halogens is 2. The van der Waals surface area contributed by atoms with Gasteiger partial charge in [-0.15, -0.1) is 5.10 Å². The first-order valence-corrected chi connectivity index (χ1v) is 6.73. The lowest BCUT2D eigenvalue weighted by atomic mass is 10.3. The molecular formula is C12H12Cl2N4O. The van der Waals surface area contributed by atoms with Crippen molar-refractivity contribution in [3.05, 3.63) is 34.1 Å². The van der Waals surface area contributed by atoms with Crippen LogP contribution in [0.5, 0.6) is 0 Å². The van der Waals surface area contributed by atoms with E-state index in [2.05, 4.69) is 20.8 Å². The number of nitrogens with zero attached hydrogens (tertiary/aromatic N) is 2. The van der Waals surface area contributed by atoms with Crippen LogP contribution in [0.25, 0.3) is 0 Å². The van der Waals surface area contributed by atoms with Crippen molar-refractivity contribution >= 4 is 34.9 Å². The van der Waals surface area contributed by atoms with Gasteiger partial charge in [0.1, 0.15) is 0 Å². The van der Waals surface area contributed by atoms with Gasteiger partial charge in [0.2, 0.25) is 5.89 Å². The third-order valence-electron chi connectivity index (χ3n) is 2.70. The summed E-state index contributed by atoms with van der Waals surface area (Å²) in [4.78, 5) is 0. The van der Waals surface area contributed by atoms with E-state index >= 15 is 0 Å². The molecule has 1 aromatic carbocycles. The average molecular weight is 299 g/mol. The summed E-state index contributed by atoms with van der Waals surface area (Å²) >= 11 is 11.8. The summed E-state index contributed by atoms with van der Waals surface area (Å²) in [6, 6.07) is 6.06. The minimum Gasteiger partial charge on any atom is -0.406 e. The van der Waals surface area contributed by atoms with Crippen LogP contribution in [-0.4, -0.2) is 16.2 Å². The topological polar surface area (TPSA) is 63.0 Å². The van der Waals surface area contributed by atoms with Gasteiger partial charge in [0.15, 0.2) is 0 Å². The molecule has 0 saturated heterocycles. The number of hydrogen-bond donors (Lipinski definition) is 2. The predicted molar refractivity (Wildman–Crippen MR) is 73.9 cm³/mol. The van der Waals surface area contributed by atoms with Gasteiger partial charge >= 0.3 is 6.01 Å². The van der Waals surface area contributed by atoms with E-state index in [9.17, 15) is 0 Å². The number of aromatic nitrogens is 2. The van der Waals surface area contributed by atoms with Crippen molar-refractivity contribution in [3.63, 3.8) is 0 Å². The maximum atomic E-state index is 5.91. The third-order valence-corrected chi connectivity index (χ3v) is 3.14. The third kappa shape index (κ3) is 3.59. The summed E-state index contributed by atoms with van der Waals surface area (Å²) in [7, 11) is 0. The number of rotatable bonds is 5. The van der Waals surface area contributed by atoms with Crippen LogP contribution in [-0.2, 0) is 6.54 Å². The smallest absolute Gasteiger partial charge is 0.320 e. The van der Waals surface area contributed by atoms with E-state index in [4.69, 9.17) is 27.6 Å². The molecule has 0 unspecified atom stereocenters. The highest BCUT2D eigenvalue weighted by atomic mass is 35.5. The molecule has 0 aliphatic heterocycles. The van der Waals surface area contributed by atoms with Crippen molar-refractivity contribution in [3.8, 4) is 0 Å². The van der Waals surface area contributed by atoms with Crippen LogP contribution >= 0.6 is 23.2 Å². The number of benzene rings is 1. The lowest BCUT2D eigenvalue weighted by Gasteiger charge is -2.02. The van der Waals surface area contributed by atoms with Gasteiger partial charge in [0.25, 0.3) is 0 Å². The number of hydrogen-bond acceptors (Lipinski definition) is 5. The zero-order valence-corrected chi connectivity index (χ0v) is 11.5. The Morgan fingerprint density at radius 2 is 1.89 bits per heavy atom. The van der Waals surface area contributed by atoms with Gasteiger partial charge in [0.05, 0.1) is 6.54 Å². The summed E-state index contributed by atoms with van der Waals surface area (Å²) in [5.41, 5.74) is 0.711. The molecule has 0 spiro atoms. The van der Waals surface area contributed by atoms with Crippen LogP contribution in [0.15, 0.2) is 22.6 Å². The van der Waals surface area contributed by atoms with Crippen LogP contribution in [0.4, 0.5) is 11.7 Å². The molecule has 5 nitrogen and oxygen atoms in total. The van der Waals surface area contributed by atoms with Crippen molar-refractivity contribution in [1.82, 2.24) is 15.5 Å². The second kappa shape index (κ2) is 5.36. The van der Waals surface area contributed by atoms with E-state index in [1.165, 1.54) is 12.8 Å². The van der Waals surface area contributed by atoms with E-state index < -0.39 is 0 Å². The van der Waals surface area contributed by atoms with Crippen molar-refractivity contribution in [2.45, 2.75) is 25.4 Å². The molecule has 2 N–H and O–H groups in total. The number of anilines is 2. The molecule has 0 radical (unpaired) electrons. The summed E-state index contributed by atoms with van der Waals surface area (Å²) in [5.74, 6) is 0.558. The Hall–Kier alpha value is -1.30. The van der Waals surface area contributed by atoms with E-state index in [1.807, 2.05) is 0 Å². The predicted octanol–water partition coefficient (Wildman–Crippen LogP) is 3.37. The molecule has 1 heterocycles. The van der Waals surface area contributed by atoms with Crippen LogP contribution in [0, 0.1) is 0 Å². The highest BCUT2D eigenvalue weighted by molar-refractivity contribution is 6.35. The highest BCUT2D eigenvalue weighted by Gasteiger charge is 2.21. The molecule has 7 heteroatoms. The van der Waals surface area contributed by atoms with Crippen molar-refractivity contribution in [2.75, 3.05) is 5.32 Å². The molecule has 1 fully saturated rings. The van der Waals surface area contributed by atoms with Crippen LogP contribution in [0.3, 0.4) is 0 Å². The molecule has 2 aromatic rings. The maximum Gasteiger partial charge on any atom is 0.320 e. The van der Waals surface area contributed by atoms with Crippen molar-refractivity contribution in [1.29, 1.82) is 0 Å². The fourth-order valence-corrected chi connectivity index (χ4v) is 2.17. The van der Waals surface area contributed by atoms with Crippen LogP contribution in [0.1, 0.15) is 18.7 Å². The Morgan fingerprint density at radius 3 is 2.58 bits per heavy atom. The molecule has 1 aliphatic rings. The Kier molecular flexibility index (Phi) is 3.59. The van der Waals surface area contributed by atoms with E-state index in [0.29, 0.717) is 40.2 Å². The highest BCUT2D eigenvalue weighted by Crippen LogP contribution is 2.25. The molecule has 1 aromatic heterocycles. The zero-order chi connectivity index (χ0) is 13.2. The van der Waals surface area contributed by atoms with Crippen molar-refractivity contribution < 1.29 is 4.42 Å². The summed E-state index contributed by atoms with van der Waals surface area (Å²) < 4.78 is 5.46. The standard InChI is InChI=1S/C12H12Cl2N4O/c13-7-3-8(14)5-10(4-7)16-12-18-17-11(19-12)6-15-9-1-2-9/h3-5,9,15H,1-2,6H2,(H,16,18). The van der Waals surface area contributed by atoms with E-state index in [1.54, 1.807) is 18.2 Å². The van der Waals surface area contributed by atoms with Crippen LogP contribution in [0.2, 0.25) is 10.0 Å². The zero-order valence-electron chi connectivity index (χ0n) is 9.99. The van der Waals surface area contributed by atoms with E-state index in [0.717, 1.165) is 0 Å². The molecule has 100 valence electrons. The molecule has 0 bridgehead atoms. The fourth-order valence-electron chi connectivity index (χ4n) is 1.64. The van der Waals surface area contributed by atoms with Gasteiger partial charge in [-0.05, 0) is 31.0 Å². The quantitative estimate of drug-likeness (QED) is 0.886. The van der Waals surface area contributed by atoms with Gasteiger partial charge in [-0.1, -0.05) is 28.3 Å². The normalized spacial score (nSPS) is 14.6. The van der Waals surface area contributed by atoms with Gasteiger partial charge < -0.3 is 15.1 Å². The van der Waals surface area contributed by atoms with Crippen LogP contribution < -0.4 is 10.6 Å². The SMILES string of the molecule is Clc1cc(Cl)cc(Nc2nnc(CNC3CC3)o2)c1. The minimum absolute atomic E-state index is 0.325. The first-order valence-electron chi connectivity index (χ1n) is 5.98. The van der Waals surface area contributed by atoms with Crippen molar-refractivity contribution in [2.24, 2.45) is 0 Å². The van der Waals surface area contributed by atoms with Gasteiger partial charge in [-0.2, -0.15) is 0 Å². The Bertz CT molecular complexity index is 563. The minimum atomic E-state index is 0.325. The Labute approximate surface area is 120 Å². The molecule has 3 rings (SSSR count). The maximum absolute atomic E-state index is 5.91. The monoisotopic (exact) mass is 298 g/mol. The largest absolute Gasteiger partial charge is 0.406 e. The lowest BCUT2D eigenvalue weighted by molar-refractivity contribution is 0.478. The second-order valence-corrected chi connectivity index (χ2v) is 5.31. The molecular weight excluding hydrogens is 287 g/mol. The lowest BCUT2D eigenvalue weighted by Crippen LogP contribution is -2.15. The second-order valence-electron chi connectivity index (χ2n) is 4.44. The van der Waals surface area contributed by atoms with Gasteiger partial charge in [0, 0.05) is 21.8 Å². The van der Waals surface area contributed by atoms with E-state index in [-0.39, 0.29) is 0 Å². The fraction of sp³-hybridized carbons (Fsp3) is 0.333. The summed E-state index contributed by atoms with van der Waals surface area (Å²) in [6.45, 7) is 0.593.